The van der Waals surface area contributed by atoms with Crippen LogP contribution >= 0.6 is 0 Å². The topological polar surface area (TPSA) is 0 Å². The van der Waals surface area contributed by atoms with Gasteiger partial charge in [0.2, 0.25) is 0 Å². The van der Waals surface area contributed by atoms with Gasteiger partial charge in [0, 0.05) is 22.6 Å². The van der Waals surface area contributed by atoms with E-state index in [1.807, 2.05) is 39.3 Å². The summed E-state index contributed by atoms with van der Waals surface area (Å²) >= 11 is 0. The third-order valence-electron chi connectivity index (χ3n) is 2.53. The predicted molar refractivity (Wildman–Crippen MR) is 61.1 cm³/mol. The van der Waals surface area contributed by atoms with Crippen molar-refractivity contribution in [1.82, 2.24) is 0 Å². The highest BCUT2D eigenvalue weighted by molar-refractivity contribution is 6.96. The lowest BCUT2D eigenvalue weighted by atomic mass is 10.5. The first-order valence-corrected chi connectivity index (χ1v) is 12.1. The Morgan fingerprint density at radius 1 is 0.857 bits per heavy atom. The molecule has 0 amide bonds. The van der Waals surface area contributed by atoms with E-state index < -0.39 is 28.7 Å². The fraction of sp³-hybridized carbons (Fsp3) is 1.00. The minimum Gasteiger partial charge on any atom is -0.171 e. The normalized spacial score (nSPS) is 15.0. The molecular weight excluding hydrogens is 221 g/mol. The standard InChI is InChI=1S/C9H21F3Si2/c1-13(2,3)8(14(4,5)6)7-9(10,11)12/h8H,7H2,1-6H3. The summed E-state index contributed by atoms with van der Waals surface area (Å²) in [6.07, 6.45) is -4.57. The van der Waals surface area contributed by atoms with Crippen molar-refractivity contribution >= 4 is 16.1 Å². The Morgan fingerprint density at radius 2 is 1.14 bits per heavy atom. The lowest BCUT2D eigenvalue weighted by Gasteiger charge is -2.38. The van der Waals surface area contributed by atoms with Crippen molar-refractivity contribution in [3.8, 4) is 0 Å². The van der Waals surface area contributed by atoms with E-state index in [0.29, 0.717) is 0 Å². The van der Waals surface area contributed by atoms with Gasteiger partial charge >= 0.3 is 6.18 Å². The lowest BCUT2D eigenvalue weighted by molar-refractivity contribution is -0.132. The van der Waals surface area contributed by atoms with E-state index in [0.717, 1.165) is 0 Å². The maximum Gasteiger partial charge on any atom is 0.388 e. The molecule has 0 nitrogen and oxygen atoms in total. The summed E-state index contributed by atoms with van der Waals surface area (Å²) < 4.78 is 37.2. The Balaban J connectivity index is 4.78. The molecule has 0 radical (unpaired) electrons. The van der Waals surface area contributed by atoms with E-state index in [2.05, 4.69) is 0 Å². The molecule has 0 spiro atoms. The molecule has 0 aromatic carbocycles. The fourth-order valence-electron chi connectivity index (χ4n) is 2.14. The quantitative estimate of drug-likeness (QED) is 0.638. The molecule has 0 N–H and O–H groups in total. The fourth-order valence-corrected chi connectivity index (χ4v) is 14.2. The summed E-state index contributed by atoms with van der Waals surface area (Å²) in [5.74, 6) is 0. The summed E-state index contributed by atoms with van der Waals surface area (Å²) in [6.45, 7) is 12.3. The minimum atomic E-state index is -3.99. The largest absolute Gasteiger partial charge is 0.388 e. The molecule has 5 heteroatoms. The van der Waals surface area contributed by atoms with Gasteiger partial charge in [-0.05, 0) is 5.16 Å². The van der Waals surface area contributed by atoms with Gasteiger partial charge in [-0.3, -0.25) is 0 Å². The van der Waals surface area contributed by atoms with Crippen LogP contribution in [0.2, 0.25) is 44.4 Å². The number of halogens is 3. The van der Waals surface area contributed by atoms with Crippen LogP contribution in [-0.2, 0) is 0 Å². The molecule has 0 unspecified atom stereocenters. The molecule has 0 saturated heterocycles. The second-order valence-corrected chi connectivity index (χ2v) is 17.5. The third-order valence-corrected chi connectivity index (χ3v) is 12.3. The van der Waals surface area contributed by atoms with Gasteiger partial charge in [-0.15, -0.1) is 0 Å². The average molecular weight is 242 g/mol. The summed E-state index contributed by atoms with van der Waals surface area (Å²) in [5.41, 5.74) is 0. The molecule has 0 rings (SSSR count). The van der Waals surface area contributed by atoms with E-state index in [4.69, 9.17) is 0 Å². The van der Waals surface area contributed by atoms with Gasteiger partial charge < -0.3 is 0 Å². The maximum absolute atomic E-state index is 12.4. The Labute approximate surface area is 86.9 Å². The molecule has 86 valence electrons. The molecule has 0 aliphatic rings. The van der Waals surface area contributed by atoms with Crippen LogP contribution in [0.3, 0.4) is 0 Å². The van der Waals surface area contributed by atoms with Gasteiger partial charge in [-0.1, -0.05) is 39.3 Å². The van der Waals surface area contributed by atoms with Crippen LogP contribution < -0.4 is 0 Å². The van der Waals surface area contributed by atoms with Crippen molar-refractivity contribution in [2.75, 3.05) is 0 Å². The zero-order valence-corrected chi connectivity index (χ0v) is 11.9. The highest BCUT2D eigenvalue weighted by Gasteiger charge is 2.44. The van der Waals surface area contributed by atoms with Crippen molar-refractivity contribution < 1.29 is 13.2 Å². The van der Waals surface area contributed by atoms with Gasteiger partial charge in [-0.25, -0.2) is 0 Å². The first-order chi connectivity index (χ1) is 5.84. The molecule has 0 saturated carbocycles. The highest BCUT2D eigenvalue weighted by Crippen LogP contribution is 2.40. The first-order valence-electron chi connectivity index (χ1n) is 4.91. The van der Waals surface area contributed by atoms with E-state index in [9.17, 15) is 13.2 Å². The first kappa shape index (κ1) is 14.2. The van der Waals surface area contributed by atoms with Crippen molar-refractivity contribution in [2.45, 2.75) is 57.0 Å². The van der Waals surface area contributed by atoms with E-state index in [1.54, 1.807) is 0 Å². The summed E-state index contributed by atoms with van der Waals surface area (Å²) in [5, 5.41) is -0.0741. The predicted octanol–water partition coefficient (Wildman–Crippen LogP) is 4.52. The number of hydrogen-bond acceptors (Lipinski definition) is 0. The van der Waals surface area contributed by atoms with Crippen LogP contribution in [0, 0.1) is 0 Å². The van der Waals surface area contributed by atoms with Crippen LogP contribution in [0.25, 0.3) is 0 Å². The van der Waals surface area contributed by atoms with E-state index >= 15 is 0 Å². The van der Waals surface area contributed by atoms with E-state index in [-0.39, 0.29) is 5.16 Å². The third kappa shape index (κ3) is 5.19. The number of alkyl halides is 3. The van der Waals surface area contributed by atoms with Gasteiger partial charge in [0.15, 0.2) is 0 Å². The molecule has 0 aromatic heterocycles. The van der Waals surface area contributed by atoms with Crippen LogP contribution in [0.1, 0.15) is 6.42 Å². The van der Waals surface area contributed by atoms with Crippen molar-refractivity contribution in [1.29, 1.82) is 0 Å². The molecule has 14 heavy (non-hydrogen) atoms. The number of rotatable bonds is 3. The molecule has 0 bridgehead atoms. The lowest BCUT2D eigenvalue weighted by Crippen LogP contribution is -2.45. The van der Waals surface area contributed by atoms with Crippen molar-refractivity contribution in [3.05, 3.63) is 0 Å². The minimum absolute atomic E-state index is 0.0741. The molecule has 0 aromatic rings. The van der Waals surface area contributed by atoms with Gasteiger partial charge in [0.25, 0.3) is 0 Å². The Kier molecular flexibility index (Phi) is 4.06. The van der Waals surface area contributed by atoms with Crippen LogP contribution in [-0.4, -0.2) is 22.3 Å². The second-order valence-electron chi connectivity index (χ2n) is 6.10. The van der Waals surface area contributed by atoms with Crippen molar-refractivity contribution in [2.24, 2.45) is 0 Å². The second kappa shape index (κ2) is 4.00. The van der Waals surface area contributed by atoms with Gasteiger partial charge in [-0.2, -0.15) is 13.2 Å². The Morgan fingerprint density at radius 3 is 1.21 bits per heavy atom. The smallest absolute Gasteiger partial charge is 0.171 e. The SMILES string of the molecule is C[Si](C)(C)C(CC(F)(F)F)[Si](C)(C)C. The summed E-state index contributed by atoms with van der Waals surface area (Å²) in [7, 11) is -3.38. The van der Waals surface area contributed by atoms with Gasteiger partial charge in [0.05, 0.1) is 0 Å². The summed E-state index contributed by atoms with van der Waals surface area (Å²) in [6, 6.07) is 0. The molecule has 0 aliphatic carbocycles. The zero-order chi connectivity index (χ0) is 11.8. The zero-order valence-electron chi connectivity index (χ0n) is 9.92. The maximum atomic E-state index is 12.4. The van der Waals surface area contributed by atoms with Crippen LogP contribution in [0.5, 0.6) is 0 Å². The van der Waals surface area contributed by atoms with Crippen LogP contribution in [0.4, 0.5) is 13.2 Å². The van der Waals surface area contributed by atoms with Crippen LogP contribution in [0.15, 0.2) is 0 Å². The van der Waals surface area contributed by atoms with E-state index in [1.165, 1.54) is 0 Å². The Hall–Kier alpha value is 0.224. The highest BCUT2D eigenvalue weighted by atomic mass is 28.4. The molecule has 0 heterocycles. The number of hydrogen-bond donors (Lipinski definition) is 0. The monoisotopic (exact) mass is 242 g/mol. The van der Waals surface area contributed by atoms with Gasteiger partial charge in [0.1, 0.15) is 0 Å². The molecule has 0 fully saturated rings. The molecule has 0 atom stereocenters. The average Bonchev–Trinajstić information content (AvgIpc) is 1.75. The molecule has 0 aliphatic heterocycles. The van der Waals surface area contributed by atoms with Crippen molar-refractivity contribution in [3.63, 3.8) is 0 Å². The summed E-state index contributed by atoms with van der Waals surface area (Å²) in [4.78, 5) is 0. The molecular formula is C9H21F3Si2. The Bertz CT molecular complexity index is 172.